The van der Waals surface area contributed by atoms with E-state index in [-0.39, 0.29) is 41.1 Å². The average molecular weight is 674 g/mol. The smallest absolute Gasteiger partial charge is 0.419 e. The molecule has 0 bridgehead atoms. The molecule has 0 aliphatic heterocycles. The Labute approximate surface area is 267 Å². The fraction of sp³-hybridized carbons (Fsp3) is 0.379. The topological polar surface area (TPSA) is 175 Å². The van der Waals surface area contributed by atoms with Crippen LogP contribution in [0.2, 0.25) is 0 Å². The minimum Gasteiger partial charge on any atom is -0.467 e. The molecule has 0 spiro atoms. The van der Waals surface area contributed by atoms with E-state index in [9.17, 15) is 26.4 Å². The van der Waals surface area contributed by atoms with E-state index in [1.807, 2.05) is 0 Å². The second-order valence-electron chi connectivity index (χ2n) is 10.6. The number of pyridine rings is 1. The van der Waals surface area contributed by atoms with Gasteiger partial charge in [-0.15, -0.1) is 0 Å². The third-order valence-corrected chi connectivity index (χ3v) is 8.44. The highest BCUT2D eigenvalue weighted by Crippen LogP contribution is 2.37. The Bertz CT molecular complexity index is 1820. The van der Waals surface area contributed by atoms with Gasteiger partial charge < -0.3 is 14.8 Å². The number of methoxy groups -OCH3 is 1. The van der Waals surface area contributed by atoms with Gasteiger partial charge in [0.05, 0.1) is 42.4 Å². The van der Waals surface area contributed by atoms with Crippen LogP contribution >= 0.6 is 0 Å². The first-order chi connectivity index (χ1) is 22.4. The highest BCUT2D eigenvalue weighted by Gasteiger charge is 2.36. The summed E-state index contributed by atoms with van der Waals surface area (Å²) in [5.41, 5.74) is -0.657. The van der Waals surface area contributed by atoms with E-state index in [1.165, 1.54) is 24.4 Å². The molecule has 248 valence electrons. The number of nitrogens with one attached hydrogen (secondary N) is 1. The van der Waals surface area contributed by atoms with Gasteiger partial charge in [-0.3, -0.25) is 14.9 Å². The number of anilines is 2. The molecule has 1 fully saturated rings. The summed E-state index contributed by atoms with van der Waals surface area (Å²) in [6.45, 7) is 1.85. The van der Waals surface area contributed by atoms with E-state index in [0.717, 1.165) is 24.7 Å². The zero-order valence-corrected chi connectivity index (χ0v) is 26.3. The molecule has 0 atom stereocenters. The maximum absolute atomic E-state index is 13.9. The SMILES string of the molecule is CCOC(=O)N(c1cnc(-c2cnc(OC)nc2)cn1)[C@H]1CC[C@H](Nc2ncc(C(F)(F)F)c(-c3cncc(S(C)(=O)=O)c3)n2)CC1. The number of aromatic nitrogens is 7. The number of alkyl halides is 3. The van der Waals surface area contributed by atoms with Gasteiger partial charge in [-0.25, -0.2) is 38.1 Å². The molecule has 5 rings (SSSR count). The maximum Gasteiger partial charge on any atom is 0.419 e. The molecule has 4 aromatic rings. The van der Waals surface area contributed by atoms with Gasteiger partial charge in [-0.2, -0.15) is 13.2 Å². The van der Waals surface area contributed by atoms with Gasteiger partial charge in [0.25, 0.3) is 0 Å². The van der Waals surface area contributed by atoms with Gasteiger partial charge in [-0.1, -0.05) is 0 Å². The van der Waals surface area contributed by atoms with Crippen molar-refractivity contribution < 1.29 is 35.9 Å². The van der Waals surface area contributed by atoms with Crippen molar-refractivity contribution in [2.75, 3.05) is 30.2 Å². The summed E-state index contributed by atoms with van der Waals surface area (Å²) in [6.07, 6.45) is 6.46. The Morgan fingerprint density at radius 1 is 0.957 bits per heavy atom. The van der Waals surface area contributed by atoms with Crippen molar-refractivity contribution in [3.8, 4) is 28.5 Å². The molecular formula is C29H30F3N9O5S. The summed E-state index contributed by atoms with van der Waals surface area (Å²) in [6, 6.07) is 0.771. The van der Waals surface area contributed by atoms with Crippen LogP contribution in [0.5, 0.6) is 6.01 Å². The minimum absolute atomic E-state index is 0.0626. The lowest BCUT2D eigenvalue weighted by Crippen LogP contribution is -2.45. The van der Waals surface area contributed by atoms with E-state index < -0.39 is 33.4 Å². The van der Waals surface area contributed by atoms with Crippen LogP contribution in [-0.2, 0) is 20.8 Å². The van der Waals surface area contributed by atoms with E-state index in [0.29, 0.717) is 49.0 Å². The van der Waals surface area contributed by atoms with Gasteiger partial charge in [0, 0.05) is 60.5 Å². The molecule has 47 heavy (non-hydrogen) atoms. The molecule has 1 N–H and O–H groups in total. The number of sulfone groups is 1. The van der Waals surface area contributed by atoms with E-state index in [2.05, 4.69) is 40.2 Å². The standard InChI is InChI=1S/C29H30F3N9O5S/c1-4-46-28(42)41(24-16-34-23(15-35-24)18-11-37-27(45-2)38-12-18)20-7-5-19(6-8-20)39-26-36-14-22(29(30,31)32)25(40-26)17-9-21(13-33-10-17)47(3,43)44/h9-16,19-20H,4-8H2,1-3H3,(H,36,39,40)/t19-,20-. The van der Waals surface area contributed by atoms with Crippen LogP contribution in [0.4, 0.5) is 29.7 Å². The molecule has 0 unspecified atom stereocenters. The van der Waals surface area contributed by atoms with E-state index >= 15 is 0 Å². The summed E-state index contributed by atoms with van der Waals surface area (Å²) < 4.78 is 75.9. The van der Waals surface area contributed by atoms with Crippen LogP contribution in [-0.4, -0.2) is 81.5 Å². The first-order valence-corrected chi connectivity index (χ1v) is 16.3. The number of nitrogens with zero attached hydrogens (tertiary/aromatic N) is 8. The summed E-state index contributed by atoms with van der Waals surface area (Å²) in [7, 11) is -2.27. The van der Waals surface area contributed by atoms with Gasteiger partial charge >= 0.3 is 18.3 Å². The third kappa shape index (κ3) is 7.87. The Hall–Kier alpha value is -5.00. The minimum atomic E-state index is -4.80. The lowest BCUT2D eigenvalue weighted by molar-refractivity contribution is -0.137. The second kappa shape index (κ2) is 13.8. The lowest BCUT2D eigenvalue weighted by Gasteiger charge is -2.35. The Kier molecular flexibility index (Phi) is 9.78. The molecule has 0 radical (unpaired) electrons. The summed E-state index contributed by atoms with van der Waals surface area (Å²) >= 11 is 0. The van der Waals surface area contributed by atoms with Crippen LogP contribution in [0.1, 0.15) is 38.2 Å². The number of hydrogen-bond acceptors (Lipinski definition) is 13. The van der Waals surface area contributed by atoms with E-state index in [1.54, 1.807) is 19.3 Å². The fourth-order valence-corrected chi connectivity index (χ4v) is 5.66. The van der Waals surface area contributed by atoms with Crippen molar-refractivity contribution in [2.45, 2.75) is 55.8 Å². The molecule has 1 aliphatic rings. The highest BCUT2D eigenvalue weighted by molar-refractivity contribution is 7.90. The molecule has 1 aliphatic carbocycles. The molecule has 0 saturated heterocycles. The zero-order valence-electron chi connectivity index (χ0n) is 25.5. The monoisotopic (exact) mass is 673 g/mol. The highest BCUT2D eigenvalue weighted by atomic mass is 32.2. The van der Waals surface area contributed by atoms with Crippen LogP contribution in [0.15, 0.2) is 54.3 Å². The number of ether oxygens (including phenoxy) is 2. The molecule has 0 aromatic carbocycles. The Morgan fingerprint density at radius 3 is 2.28 bits per heavy atom. The van der Waals surface area contributed by atoms with Crippen molar-refractivity contribution in [3.63, 3.8) is 0 Å². The number of carbonyl (C=O) groups is 1. The number of rotatable bonds is 9. The molecule has 1 amide bonds. The molecule has 4 heterocycles. The predicted octanol–water partition coefficient (Wildman–Crippen LogP) is 4.60. The van der Waals surface area contributed by atoms with Gasteiger partial charge in [0.1, 0.15) is 5.56 Å². The third-order valence-electron chi connectivity index (χ3n) is 7.36. The van der Waals surface area contributed by atoms with Crippen molar-refractivity contribution >= 4 is 27.7 Å². The maximum atomic E-state index is 13.9. The molecule has 18 heteroatoms. The number of halogens is 3. The largest absolute Gasteiger partial charge is 0.467 e. The predicted molar refractivity (Wildman–Crippen MR) is 162 cm³/mol. The number of amides is 1. The second-order valence-corrected chi connectivity index (χ2v) is 12.6. The number of hydrogen-bond donors (Lipinski definition) is 1. The van der Waals surface area contributed by atoms with Crippen LogP contribution < -0.4 is 15.0 Å². The first kappa shape index (κ1) is 33.4. The quantitative estimate of drug-likeness (QED) is 0.261. The molecule has 4 aromatic heterocycles. The first-order valence-electron chi connectivity index (χ1n) is 14.4. The summed E-state index contributed by atoms with van der Waals surface area (Å²) in [4.78, 5) is 43.1. The van der Waals surface area contributed by atoms with E-state index in [4.69, 9.17) is 9.47 Å². The summed E-state index contributed by atoms with van der Waals surface area (Å²) in [5.74, 6) is 0.228. The van der Waals surface area contributed by atoms with Crippen LogP contribution in [0.3, 0.4) is 0 Å². The van der Waals surface area contributed by atoms with Crippen LogP contribution in [0, 0.1) is 0 Å². The van der Waals surface area contributed by atoms with Crippen molar-refractivity contribution in [3.05, 3.63) is 55.0 Å². The van der Waals surface area contributed by atoms with Gasteiger partial charge in [0.2, 0.25) is 5.95 Å². The molecule has 1 saturated carbocycles. The van der Waals surface area contributed by atoms with Crippen molar-refractivity contribution in [1.82, 2.24) is 34.9 Å². The molecular weight excluding hydrogens is 643 g/mol. The lowest BCUT2D eigenvalue weighted by atomic mass is 9.90. The van der Waals surface area contributed by atoms with Crippen LogP contribution in [0.25, 0.3) is 22.5 Å². The average Bonchev–Trinajstić information content (AvgIpc) is 3.05. The Morgan fingerprint density at radius 2 is 1.68 bits per heavy atom. The van der Waals surface area contributed by atoms with Crippen molar-refractivity contribution in [2.24, 2.45) is 0 Å². The summed E-state index contributed by atoms with van der Waals surface area (Å²) in [5, 5.41) is 3.09. The fourth-order valence-electron chi connectivity index (χ4n) is 5.06. The van der Waals surface area contributed by atoms with Gasteiger partial charge in [-0.05, 0) is 38.7 Å². The normalized spacial score (nSPS) is 16.7. The number of carbonyl (C=O) groups excluding carboxylic acids is 1. The van der Waals surface area contributed by atoms with Gasteiger partial charge in [0.15, 0.2) is 15.7 Å². The van der Waals surface area contributed by atoms with Crippen molar-refractivity contribution in [1.29, 1.82) is 0 Å². The zero-order chi connectivity index (χ0) is 33.8. The molecule has 14 nitrogen and oxygen atoms in total. The Balaban J connectivity index is 1.32.